The van der Waals surface area contributed by atoms with Crippen LogP contribution in [0, 0.1) is 18.7 Å². The van der Waals surface area contributed by atoms with Crippen LogP contribution in [0.1, 0.15) is 24.0 Å². The number of piperidine rings is 1. The number of carbonyl (C=O) groups excluding carboxylic acids is 1. The van der Waals surface area contributed by atoms with E-state index in [0.717, 1.165) is 25.7 Å². The number of likely N-dealkylation sites (tertiary alicyclic amines) is 1. The molecule has 1 aliphatic heterocycles. The van der Waals surface area contributed by atoms with E-state index in [4.69, 9.17) is 4.74 Å². The lowest BCUT2D eigenvalue weighted by molar-refractivity contribution is -0.144. The van der Waals surface area contributed by atoms with Crippen LogP contribution in [0.2, 0.25) is 0 Å². The van der Waals surface area contributed by atoms with Gasteiger partial charge in [-0.25, -0.2) is 12.8 Å². The van der Waals surface area contributed by atoms with Crippen molar-refractivity contribution in [2.75, 3.05) is 20.2 Å². The molecule has 0 aliphatic carbocycles. The van der Waals surface area contributed by atoms with Crippen molar-refractivity contribution in [3.05, 3.63) is 65.5 Å². The summed E-state index contributed by atoms with van der Waals surface area (Å²) in [6, 6.07) is 12.7. The summed E-state index contributed by atoms with van der Waals surface area (Å²) in [7, 11) is -2.75. The standard InChI is InChI=1S/C22H27FN2O4S/c1-16-14-19(8-9-20(16)23)30(27,28)24-21(22(26)29-2)18-10-12-25(13-11-18)15-17-6-4-3-5-7-17/h3-9,14,18,21,24H,10-13,15H2,1-2H3. The van der Waals surface area contributed by atoms with Crippen molar-refractivity contribution in [3.8, 4) is 0 Å². The third kappa shape index (κ3) is 5.44. The second-order valence-corrected chi connectivity index (χ2v) is 9.35. The summed E-state index contributed by atoms with van der Waals surface area (Å²) in [5.41, 5.74) is 1.44. The minimum absolute atomic E-state index is 0.0724. The number of carbonyl (C=O) groups is 1. The van der Waals surface area contributed by atoms with Gasteiger partial charge in [-0.1, -0.05) is 30.3 Å². The smallest absolute Gasteiger partial charge is 0.324 e. The molecule has 2 aromatic carbocycles. The van der Waals surface area contributed by atoms with Crippen molar-refractivity contribution in [2.24, 2.45) is 5.92 Å². The van der Waals surface area contributed by atoms with E-state index in [1.165, 1.54) is 31.7 Å². The number of aryl methyl sites for hydroxylation is 1. The molecule has 1 fully saturated rings. The number of esters is 1. The summed E-state index contributed by atoms with van der Waals surface area (Å²) < 4.78 is 46.5. The van der Waals surface area contributed by atoms with Crippen molar-refractivity contribution in [3.63, 3.8) is 0 Å². The van der Waals surface area contributed by atoms with Crippen LogP contribution >= 0.6 is 0 Å². The maximum atomic E-state index is 13.5. The number of halogens is 1. The van der Waals surface area contributed by atoms with Crippen LogP contribution in [0.25, 0.3) is 0 Å². The Morgan fingerprint density at radius 2 is 1.87 bits per heavy atom. The van der Waals surface area contributed by atoms with Crippen LogP contribution in [0.4, 0.5) is 4.39 Å². The number of rotatable bonds is 7. The summed E-state index contributed by atoms with van der Waals surface area (Å²) >= 11 is 0. The van der Waals surface area contributed by atoms with E-state index in [9.17, 15) is 17.6 Å². The van der Waals surface area contributed by atoms with Gasteiger partial charge in [0.05, 0.1) is 12.0 Å². The molecule has 30 heavy (non-hydrogen) atoms. The number of hydrogen-bond donors (Lipinski definition) is 1. The first-order chi connectivity index (χ1) is 14.3. The first-order valence-corrected chi connectivity index (χ1v) is 11.4. The maximum absolute atomic E-state index is 13.5. The molecule has 0 bridgehead atoms. The van der Waals surface area contributed by atoms with E-state index in [1.807, 2.05) is 18.2 Å². The molecular formula is C22H27FN2O4S. The highest BCUT2D eigenvalue weighted by molar-refractivity contribution is 7.89. The molecule has 0 amide bonds. The summed E-state index contributed by atoms with van der Waals surface area (Å²) in [5.74, 6) is -1.27. The molecule has 1 N–H and O–H groups in total. The van der Waals surface area contributed by atoms with Crippen LogP contribution in [-0.2, 0) is 26.1 Å². The zero-order valence-electron chi connectivity index (χ0n) is 17.2. The Morgan fingerprint density at radius 3 is 2.47 bits per heavy atom. The quantitative estimate of drug-likeness (QED) is 0.679. The molecule has 6 nitrogen and oxygen atoms in total. The molecule has 0 saturated carbocycles. The Bertz CT molecular complexity index is 974. The van der Waals surface area contributed by atoms with Gasteiger partial charge in [0.15, 0.2) is 0 Å². The number of ether oxygens (including phenoxy) is 1. The Kier molecular flexibility index (Phi) is 7.23. The monoisotopic (exact) mass is 434 g/mol. The number of sulfonamides is 1. The number of hydrogen-bond acceptors (Lipinski definition) is 5. The highest BCUT2D eigenvalue weighted by atomic mass is 32.2. The Labute approximate surface area is 177 Å². The van der Waals surface area contributed by atoms with E-state index in [-0.39, 0.29) is 16.4 Å². The molecule has 8 heteroatoms. The minimum Gasteiger partial charge on any atom is -0.468 e. The zero-order valence-corrected chi connectivity index (χ0v) is 18.0. The third-order valence-electron chi connectivity index (χ3n) is 5.53. The van der Waals surface area contributed by atoms with E-state index in [1.54, 1.807) is 0 Å². The van der Waals surface area contributed by atoms with Crippen molar-refractivity contribution >= 4 is 16.0 Å². The van der Waals surface area contributed by atoms with Crippen molar-refractivity contribution in [1.82, 2.24) is 9.62 Å². The molecule has 1 saturated heterocycles. The fourth-order valence-corrected chi connectivity index (χ4v) is 5.11. The highest BCUT2D eigenvalue weighted by Crippen LogP contribution is 2.25. The van der Waals surface area contributed by atoms with Gasteiger partial charge in [-0.15, -0.1) is 0 Å². The molecule has 0 radical (unpaired) electrons. The lowest BCUT2D eigenvalue weighted by atomic mass is 9.89. The van der Waals surface area contributed by atoms with Crippen LogP contribution in [0.5, 0.6) is 0 Å². The number of benzene rings is 2. The molecule has 1 aliphatic rings. The lowest BCUT2D eigenvalue weighted by Crippen LogP contribution is -2.49. The normalized spacial score (nSPS) is 16.9. The topological polar surface area (TPSA) is 75.7 Å². The molecule has 162 valence electrons. The predicted octanol–water partition coefficient (Wildman–Crippen LogP) is 2.87. The summed E-state index contributed by atoms with van der Waals surface area (Å²) in [5, 5.41) is 0. The minimum atomic E-state index is -4.00. The van der Waals surface area contributed by atoms with Gasteiger partial charge in [-0.05, 0) is 68.1 Å². The van der Waals surface area contributed by atoms with Crippen LogP contribution < -0.4 is 4.72 Å². The summed E-state index contributed by atoms with van der Waals surface area (Å²) in [4.78, 5) is 14.6. The molecule has 0 spiro atoms. The Morgan fingerprint density at radius 1 is 1.20 bits per heavy atom. The second kappa shape index (κ2) is 9.68. The van der Waals surface area contributed by atoms with E-state index < -0.39 is 27.9 Å². The van der Waals surface area contributed by atoms with Gasteiger partial charge in [0.1, 0.15) is 11.9 Å². The molecule has 0 aromatic heterocycles. The average Bonchev–Trinajstić information content (AvgIpc) is 2.75. The van der Waals surface area contributed by atoms with Gasteiger partial charge >= 0.3 is 5.97 Å². The van der Waals surface area contributed by atoms with Crippen molar-refractivity contribution < 1.29 is 22.3 Å². The maximum Gasteiger partial charge on any atom is 0.324 e. The molecular weight excluding hydrogens is 407 g/mol. The average molecular weight is 435 g/mol. The van der Waals surface area contributed by atoms with Gasteiger partial charge in [0, 0.05) is 6.54 Å². The van der Waals surface area contributed by atoms with Gasteiger partial charge in [-0.2, -0.15) is 4.72 Å². The van der Waals surface area contributed by atoms with E-state index in [2.05, 4.69) is 21.8 Å². The predicted molar refractivity (Wildman–Crippen MR) is 112 cm³/mol. The molecule has 1 atom stereocenters. The largest absolute Gasteiger partial charge is 0.468 e. The van der Waals surface area contributed by atoms with Crippen LogP contribution in [0.3, 0.4) is 0 Å². The third-order valence-corrected chi connectivity index (χ3v) is 6.97. The molecule has 3 rings (SSSR count). The molecule has 2 aromatic rings. The number of methoxy groups -OCH3 is 1. The van der Waals surface area contributed by atoms with Crippen molar-refractivity contribution in [1.29, 1.82) is 0 Å². The second-order valence-electron chi connectivity index (χ2n) is 7.63. The summed E-state index contributed by atoms with van der Waals surface area (Å²) in [6.45, 7) is 3.82. The van der Waals surface area contributed by atoms with Crippen LogP contribution in [-0.4, -0.2) is 45.5 Å². The van der Waals surface area contributed by atoms with Gasteiger partial charge in [-0.3, -0.25) is 9.69 Å². The molecule has 1 unspecified atom stereocenters. The highest BCUT2D eigenvalue weighted by Gasteiger charge is 2.35. The zero-order chi connectivity index (χ0) is 21.7. The fraction of sp³-hybridized carbons (Fsp3) is 0.409. The number of nitrogens with zero attached hydrogens (tertiary/aromatic N) is 1. The first kappa shape index (κ1) is 22.4. The fourth-order valence-electron chi connectivity index (χ4n) is 3.77. The lowest BCUT2D eigenvalue weighted by Gasteiger charge is -2.35. The van der Waals surface area contributed by atoms with Gasteiger partial charge in [0.2, 0.25) is 10.0 Å². The number of nitrogens with one attached hydrogen (secondary N) is 1. The summed E-state index contributed by atoms with van der Waals surface area (Å²) in [6.07, 6.45) is 1.33. The first-order valence-electron chi connectivity index (χ1n) is 9.93. The van der Waals surface area contributed by atoms with Gasteiger partial charge in [0.25, 0.3) is 0 Å². The van der Waals surface area contributed by atoms with E-state index >= 15 is 0 Å². The Hall–Kier alpha value is -2.29. The van der Waals surface area contributed by atoms with Crippen molar-refractivity contribution in [2.45, 2.75) is 37.2 Å². The van der Waals surface area contributed by atoms with Crippen LogP contribution in [0.15, 0.2) is 53.4 Å². The van der Waals surface area contributed by atoms with E-state index in [0.29, 0.717) is 12.8 Å². The van der Waals surface area contributed by atoms with Gasteiger partial charge < -0.3 is 4.74 Å². The molecule has 1 heterocycles. The SMILES string of the molecule is COC(=O)C(NS(=O)(=O)c1ccc(F)c(C)c1)C1CCN(Cc2ccccc2)CC1. The Balaban J connectivity index is 1.69.